The summed E-state index contributed by atoms with van der Waals surface area (Å²) in [5, 5.41) is 19.4. The van der Waals surface area contributed by atoms with Crippen molar-refractivity contribution in [3.05, 3.63) is 29.8 Å². The molecule has 18 heavy (non-hydrogen) atoms. The molecule has 1 aliphatic rings. The largest absolute Gasteiger partial charge is 0.398 e. The fraction of sp³-hybridized carbons (Fsp3) is 0.571. The van der Waals surface area contributed by atoms with Gasteiger partial charge in [0.2, 0.25) is 0 Å². The molecule has 1 fully saturated rings. The van der Waals surface area contributed by atoms with Crippen LogP contribution >= 0.6 is 0 Å². The summed E-state index contributed by atoms with van der Waals surface area (Å²) in [6.45, 7) is 2.67. The average Bonchev–Trinajstić information content (AvgIpc) is 2.39. The number of likely N-dealkylation sites (tertiary alicyclic amines) is 1. The zero-order chi connectivity index (χ0) is 13.0. The topological polar surface area (TPSA) is 69.7 Å². The molecule has 1 aromatic rings. The maximum atomic E-state index is 10.2. The lowest BCUT2D eigenvalue weighted by molar-refractivity contribution is 0.0681. The average molecular weight is 250 g/mol. The van der Waals surface area contributed by atoms with Gasteiger partial charge in [-0.05, 0) is 31.4 Å². The van der Waals surface area contributed by atoms with E-state index in [4.69, 9.17) is 5.73 Å². The third-order valence-corrected chi connectivity index (χ3v) is 3.65. The van der Waals surface area contributed by atoms with Crippen LogP contribution in [0.25, 0.3) is 0 Å². The van der Waals surface area contributed by atoms with E-state index in [1.54, 1.807) is 0 Å². The molecule has 4 heteroatoms. The molecule has 100 valence electrons. The highest BCUT2D eigenvalue weighted by atomic mass is 16.3. The Morgan fingerprint density at radius 1 is 1.39 bits per heavy atom. The van der Waals surface area contributed by atoms with Gasteiger partial charge in [-0.2, -0.15) is 0 Å². The van der Waals surface area contributed by atoms with Crippen molar-refractivity contribution >= 4 is 5.69 Å². The predicted molar refractivity (Wildman–Crippen MR) is 72.1 cm³/mol. The summed E-state index contributed by atoms with van der Waals surface area (Å²) in [6.07, 6.45) is 1.61. The Kier molecular flexibility index (Phi) is 4.58. The number of β-amino-alcohol motifs (C(OH)–C–C–N with tert-alkyl or cyclic N) is 1. The molecule has 0 aromatic heterocycles. The second-order valence-electron chi connectivity index (χ2n) is 5.10. The number of nitrogen functional groups attached to an aromatic ring is 1. The Hall–Kier alpha value is -1.10. The molecule has 4 N–H and O–H groups in total. The van der Waals surface area contributed by atoms with Crippen molar-refractivity contribution < 1.29 is 10.2 Å². The number of hydrogen-bond acceptors (Lipinski definition) is 4. The van der Waals surface area contributed by atoms with E-state index in [2.05, 4.69) is 4.90 Å². The minimum atomic E-state index is -0.552. The van der Waals surface area contributed by atoms with E-state index in [-0.39, 0.29) is 6.61 Å². The van der Waals surface area contributed by atoms with Gasteiger partial charge in [0.25, 0.3) is 0 Å². The fourth-order valence-corrected chi connectivity index (χ4v) is 2.62. The highest BCUT2D eigenvalue weighted by molar-refractivity contribution is 5.47. The van der Waals surface area contributed by atoms with Crippen molar-refractivity contribution in [1.29, 1.82) is 0 Å². The van der Waals surface area contributed by atoms with E-state index in [9.17, 15) is 10.2 Å². The summed E-state index contributed by atoms with van der Waals surface area (Å²) in [6, 6.07) is 7.44. The molecular weight excluding hydrogens is 228 g/mol. The third-order valence-electron chi connectivity index (χ3n) is 3.65. The molecular formula is C14H22N2O2. The van der Waals surface area contributed by atoms with E-state index < -0.39 is 6.10 Å². The van der Waals surface area contributed by atoms with Crippen LogP contribution in [-0.4, -0.2) is 41.4 Å². The summed E-state index contributed by atoms with van der Waals surface area (Å²) in [7, 11) is 0. The van der Waals surface area contributed by atoms with Crippen molar-refractivity contribution in [2.45, 2.75) is 18.9 Å². The van der Waals surface area contributed by atoms with Gasteiger partial charge in [0.1, 0.15) is 0 Å². The SMILES string of the molecule is Nc1ccccc1C(O)CN1CCCC(CO)C1. The minimum absolute atomic E-state index is 0.236. The van der Waals surface area contributed by atoms with Crippen LogP contribution in [0.15, 0.2) is 24.3 Å². The van der Waals surface area contributed by atoms with Crippen molar-refractivity contribution in [3.63, 3.8) is 0 Å². The molecule has 1 heterocycles. The summed E-state index contributed by atoms with van der Waals surface area (Å²) >= 11 is 0. The summed E-state index contributed by atoms with van der Waals surface area (Å²) in [5.74, 6) is 0.346. The van der Waals surface area contributed by atoms with Crippen LogP contribution in [0, 0.1) is 5.92 Å². The van der Waals surface area contributed by atoms with Gasteiger partial charge in [-0.1, -0.05) is 18.2 Å². The summed E-state index contributed by atoms with van der Waals surface area (Å²) in [4.78, 5) is 2.21. The first kappa shape index (κ1) is 13.3. The number of hydrogen-bond donors (Lipinski definition) is 3. The van der Waals surface area contributed by atoms with Gasteiger partial charge in [0.15, 0.2) is 0 Å². The number of aliphatic hydroxyl groups excluding tert-OH is 2. The maximum Gasteiger partial charge on any atom is 0.0936 e. The smallest absolute Gasteiger partial charge is 0.0936 e. The first-order chi connectivity index (χ1) is 8.70. The Bertz CT molecular complexity index is 384. The molecule has 0 aliphatic carbocycles. The Balaban J connectivity index is 1.95. The van der Waals surface area contributed by atoms with E-state index in [1.165, 1.54) is 0 Å². The van der Waals surface area contributed by atoms with Crippen LogP contribution in [0.4, 0.5) is 5.69 Å². The van der Waals surface area contributed by atoms with Crippen LogP contribution in [0.3, 0.4) is 0 Å². The van der Waals surface area contributed by atoms with Gasteiger partial charge >= 0.3 is 0 Å². The van der Waals surface area contributed by atoms with Crippen molar-refractivity contribution in [2.75, 3.05) is 32.0 Å². The van der Waals surface area contributed by atoms with Crippen LogP contribution in [0.1, 0.15) is 24.5 Å². The Labute approximate surface area is 108 Å². The molecule has 2 rings (SSSR count). The van der Waals surface area contributed by atoms with Gasteiger partial charge in [0.05, 0.1) is 6.10 Å². The van der Waals surface area contributed by atoms with Gasteiger partial charge < -0.3 is 20.8 Å². The number of anilines is 1. The van der Waals surface area contributed by atoms with E-state index >= 15 is 0 Å². The highest BCUT2D eigenvalue weighted by Crippen LogP contribution is 2.23. The van der Waals surface area contributed by atoms with Gasteiger partial charge in [0, 0.05) is 30.9 Å². The molecule has 2 atom stereocenters. The van der Waals surface area contributed by atoms with E-state index in [1.807, 2.05) is 24.3 Å². The molecule has 2 unspecified atom stereocenters. The molecule has 1 aromatic carbocycles. The fourth-order valence-electron chi connectivity index (χ4n) is 2.62. The zero-order valence-electron chi connectivity index (χ0n) is 10.6. The van der Waals surface area contributed by atoms with Crippen molar-refractivity contribution in [2.24, 2.45) is 5.92 Å². The maximum absolute atomic E-state index is 10.2. The molecule has 4 nitrogen and oxygen atoms in total. The van der Waals surface area contributed by atoms with E-state index in [0.29, 0.717) is 18.2 Å². The van der Waals surface area contributed by atoms with Gasteiger partial charge in [-0.3, -0.25) is 0 Å². The lowest BCUT2D eigenvalue weighted by Gasteiger charge is -2.33. The number of rotatable bonds is 4. The van der Waals surface area contributed by atoms with Crippen LogP contribution in [-0.2, 0) is 0 Å². The quantitative estimate of drug-likeness (QED) is 0.697. The predicted octanol–water partition coefficient (Wildman–Crippen LogP) is 1.01. The Morgan fingerprint density at radius 3 is 2.89 bits per heavy atom. The molecule has 0 amide bonds. The number of nitrogens with zero attached hydrogens (tertiary/aromatic N) is 1. The normalized spacial score (nSPS) is 22.9. The van der Waals surface area contributed by atoms with Gasteiger partial charge in [-0.15, -0.1) is 0 Å². The molecule has 0 saturated carbocycles. The molecule has 1 aliphatic heterocycles. The molecule has 0 radical (unpaired) electrons. The first-order valence-electron chi connectivity index (χ1n) is 6.56. The van der Waals surface area contributed by atoms with E-state index in [0.717, 1.165) is 31.5 Å². The second kappa shape index (κ2) is 6.18. The number of aliphatic hydroxyl groups is 2. The number of para-hydroxylation sites is 1. The highest BCUT2D eigenvalue weighted by Gasteiger charge is 2.22. The van der Waals surface area contributed by atoms with Crippen LogP contribution in [0.2, 0.25) is 0 Å². The second-order valence-corrected chi connectivity index (χ2v) is 5.10. The van der Waals surface area contributed by atoms with Crippen molar-refractivity contribution in [3.8, 4) is 0 Å². The molecule has 0 spiro atoms. The van der Waals surface area contributed by atoms with Crippen molar-refractivity contribution in [1.82, 2.24) is 4.90 Å². The standard InChI is InChI=1S/C14H22N2O2/c15-13-6-2-1-5-12(13)14(18)9-16-7-3-4-11(8-16)10-17/h1-2,5-6,11,14,17-18H,3-4,7-10,15H2. The number of piperidine rings is 1. The van der Waals surface area contributed by atoms with Crippen LogP contribution < -0.4 is 5.73 Å². The summed E-state index contributed by atoms with van der Waals surface area (Å²) < 4.78 is 0. The van der Waals surface area contributed by atoms with Crippen LogP contribution in [0.5, 0.6) is 0 Å². The lowest BCUT2D eigenvalue weighted by atomic mass is 9.98. The molecule has 1 saturated heterocycles. The number of benzene rings is 1. The Morgan fingerprint density at radius 2 is 2.17 bits per heavy atom. The number of nitrogens with two attached hydrogens (primary N) is 1. The van der Waals surface area contributed by atoms with Gasteiger partial charge in [-0.25, -0.2) is 0 Å². The third kappa shape index (κ3) is 3.22. The first-order valence-corrected chi connectivity index (χ1v) is 6.56. The minimum Gasteiger partial charge on any atom is -0.398 e. The lowest BCUT2D eigenvalue weighted by Crippen LogP contribution is -2.39. The monoisotopic (exact) mass is 250 g/mol. The zero-order valence-corrected chi connectivity index (χ0v) is 10.6. The summed E-state index contributed by atoms with van der Waals surface area (Å²) in [5.41, 5.74) is 7.30. The molecule has 0 bridgehead atoms.